The van der Waals surface area contributed by atoms with Crippen molar-refractivity contribution in [1.82, 2.24) is 19.9 Å². The van der Waals surface area contributed by atoms with Gasteiger partial charge in [0.25, 0.3) is 5.91 Å². The Labute approximate surface area is 185 Å². The van der Waals surface area contributed by atoms with E-state index >= 15 is 0 Å². The van der Waals surface area contributed by atoms with Crippen LogP contribution in [0.4, 0.5) is 0 Å². The predicted octanol–water partition coefficient (Wildman–Crippen LogP) is 3.37. The maximum Gasteiger partial charge on any atom is 0.257 e. The van der Waals surface area contributed by atoms with Crippen LogP contribution in [0.5, 0.6) is 11.5 Å². The topological polar surface area (TPSA) is 80.9 Å². The van der Waals surface area contributed by atoms with Gasteiger partial charge in [-0.05, 0) is 42.5 Å². The number of hydrogen-bond acceptors (Lipinski definition) is 7. The molecule has 1 saturated heterocycles. The number of carbonyl (C=O) groups excluding carboxylic acids is 1. The van der Waals surface area contributed by atoms with Crippen molar-refractivity contribution in [1.29, 1.82) is 0 Å². The van der Waals surface area contributed by atoms with Crippen molar-refractivity contribution in [3.63, 3.8) is 0 Å². The molecule has 0 bridgehead atoms. The average Bonchev–Trinajstić information content (AvgIpc) is 3.27. The van der Waals surface area contributed by atoms with Crippen molar-refractivity contribution >= 4 is 17.5 Å². The zero-order chi connectivity index (χ0) is 21.8. The number of aromatic nitrogens is 2. The van der Waals surface area contributed by atoms with Gasteiger partial charge in [-0.3, -0.25) is 9.69 Å². The van der Waals surface area contributed by atoms with Gasteiger partial charge in [0, 0.05) is 36.8 Å². The Kier molecular flexibility index (Phi) is 6.39. The first-order chi connectivity index (χ1) is 15.1. The molecule has 2 heterocycles. The summed E-state index contributed by atoms with van der Waals surface area (Å²) in [6, 6.07) is 12.6. The summed E-state index contributed by atoms with van der Waals surface area (Å²) in [7, 11) is 3.17. The third kappa shape index (κ3) is 4.81. The van der Waals surface area contributed by atoms with Crippen molar-refractivity contribution in [3.05, 3.63) is 58.9 Å². The number of piperazine rings is 1. The highest BCUT2D eigenvalue weighted by atomic mass is 35.5. The van der Waals surface area contributed by atoms with Gasteiger partial charge in [-0.1, -0.05) is 16.8 Å². The number of nitrogens with zero attached hydrogens (tertiary/aromatic N) is 4. The van der Waals surface area contributed by atoms with Gasteiger partial charge < -0.3 is 18.9 Å². The fourth-order valence-corrected chi connectivity index (χ4v) is 3.67. The minimum atomic E-state index is -0.0846. The lowest BCUT2D eigenvalue weighted by Gasteiger charge is -2.34. The summed E-state index contributed by atoms with van der Waals surface area (Å²) < 4.78 is 15.9. The van der Waals surface area contributed by atoms with Gasteiger partial charge in [-0.2, -0.15) is 4.98 Å². The summed E-state index contributed by atoms with van der Waals surface area (Å²) in [5.41, 5.74) is 1.34. The molecular formula is C22H23ClN4O4. The summed E-state index contributed by atoms with van der Waals surface area (Å²) >= 11 is 6.07. The van der Waals surface area contributed by atoms with Crippen molar-refractivity contribution in [2.24, 2.45) is 0 Å². The molecule has 0 aliphatic carbocycles. The first-order valence-corrected chi connectivity index (χ1v) is 10.3. The van der Waals surface area contributed by atoms with Crippen LogP contribution < -0.4 is 9.47 Å². The molecule has 2 aromatic carbocycles. The summed E-state index contributed by atoms with van der Waals surface area (Å²) in [5.74, 6) is 2.30. The SMILES string of the molecule is COc1ccc(-c2noc(CN3CCN(C(=O)c4cc(Cl)ccc4OC)CC3)n2)cc1. The number of ether oxygens (including phenoxy) is 2. The van der Waals surface area contributed by atoms with Gasteiger partial charge in [0.05, 0.1) is 26.3 Å². The zero-order valence-corrected chi connectivity index (χ0v) is 18.1. The lowest BCUT2D eigenvalue weighted by Crippen LogP contribution is -2.48. The van der Waals surface area contributed by atoms with Gasteiger partial charge in [0.15, 0.2) is 0 Å². The molecule has 9 heteroatoms. The molecule has 0 atom stereocenters. The molecule has 0 radical (unpaired) electrons. The Bertz CT molecular complexity index is 1050. The minimum absolute atomic E-state index is 0.0846. The Morgan fingerprint density at radius 3 is 2.48 bits per heavy atom. The van der Waals surface area contributed by atoms with Gasteiger partial charge in [0.1, 0.15) is 11.5 Å². The number of amides is 1. The normalized spacial score (nSPS) is 14.5. The van der Waals surface area contributed by atoms with E-state index in [1.807, 2.05) is 24.3 Å². The van der Waals surface area contributed by atoms with Crippen LogP contribution in [0.25, 0.3) is 11.4 Å². The lowest BCUT2D eigenvalue weighted by atomic mass is 10.1. The van der Waals surface area contributed by atoms with Crippen LogP contribution in [0.1, 0.15) is 16.2 Å². The van der Waals surface area contributed by atoms with E-state index in [-0.39, 0.29) is 5.91 Å². The Morgan fingerprint density at radius 1 is 1.06 bits per heavy atom. The monoisotopic (exact) mass is 442 g/mol. The van der Waals surface area contributed by atoms with E-state index < -0.39 is 0 Å². The molecule has 1 aliphatic rings. The number of rotatable bonds is 6. The first-order valence-electron chi connectivity index (χ1n) is 9.89. The molecule has 1 amide bonds. The molecule has 0 spiro atoms. The van der Waals surface area contributed by atoms with Crippen LogP contribution in [-0.2, 0) is 6.54 Å². The fraction of sp³-hybridized carbons (Fsp3) is 0.318. The van der Waals surface area contributed by atoms with E-state index in [0.717, 1.165) is 11.3 Å². The van der Waals surface area contributed by atoms with Crippen molar-refractivity contribution in [3.8, 4) is 22.9 Å². The lowest BCUT2D eigenvalue weighted by molar-refractivity contribution is 0.0612. The standard InChI is InChI=1S/C22H23ClN4O4/c1-29-17-6-3-15(4-7-17)21-24-20(31-25-21)14-26-9-11-27(12-10-26)22(28)18-13-16(23)5-8-19(18)30-2/h3-8,13H,9-12,14H2,1-2H3. The molecule has 31 heavy (non-hydrogen) atoms. The van der Waals surface area contributed by atoms with E-state index in [2.05, 4.69) is 15.0 Å². The molecule has 0 N–H and O–H groups in total. The number of halogens is 1. The van der Waals surface area contributed by atoms with E-state index in [4.69, 9.17) is 25.6 Å². The molecule has 1 aliphatic heterocycles. The number of carbonyl (C=O) groups is 1. The van der Waals surface area contributed by atoms with Crippen molar-refractivity contribution in [2.45, 2.75) is 6.54 Å². The largest absolute Gasteiger partial charge is 0.497 e. The molecule has 0 saturated carbocycles. The van der Waals surface area contributed by atoms with Gasteiger partial charge >= 0.3 is 0 Å². The third-order valence-corrected chi connectivity index (χ3v) is 5.46. The van der Waals surface area contributed by atoms with Crippen LogP contribution in [0.3, 0.4) is 0 Å². The van der Waals surface area contributed by atoms with Crippen molar-refractivity contribution < 1.29 is 18.8 Å². The molecule has 1 aromatic heterocycles. The second-order valence-electron chi connectivity index (χ2n) is 7.15. The summed E-state index contributed by atoms with van der Waals surface area (Å²) in [5, 5.41) is 4.58. The second-order valence-corrected chi connectivity index (χ2v) is 7.59. The summed E-state index contributed by atoms with van der Waals surface area (Å²) in [4.78, 5) is 21.4. The maximum atomic E-state index is 12.9. The first kappa shape index (κ1) is 21.1. The minimum Gasteiger partial charge on any atom is -0.497 e. The van der Waals surface area contributed by atoms with Crippen LogP contribution in [0, 0.1) is 0 Å². The highest BCUT2D eigenvalue weighted by molar-refractivity contribution is 6.31. The van der Waals surface area contributed by atoms with E-state index in [0.29, 0.717) is 60.8 Å². The molecule has 3 aromatic rings. The molecular weight excluding hydrogens is 420 g/mol. The highest BCUT2D eigenvalue weighted by Crippen LogP contribution is 2.25. The highest BCUT2D eigenvalue weighted by Gasteiger charge is 2.25. The zero-order valence-electron chi connectivity index (χ0n) is 17.4. The average molecular weight is 443 g/mol. The van der Waals surface area contributed by atoms with E-state index in [1.165, 1.54) is 0 Å². The van der Waals surface area contributed by atoms with Crippen LogP contribution in [-0.4, -0.2) is 66.2 Å². The molecule has 8 nitrogen and oxygen atoms in total. The third-order valence-electron chi connectivity index (χ3n) is 5.23. The summed E-state index contributed by atoms with van der Waals surface area (Å²) in [6.45, 7) is 3.12. The van der Waals surface area contributed by atoms with Gasteiger partial charge in [-0.15, -0.1) is 0 Å². The fourth-order valence-electron chi connectivity index (χ4n) is 3.49. The number of methoxy groups -OCH3 is 2. The number of hydrogen-bond donors (Lipinski definition) is 0. The molecule has 0 unspecified atom stereocenters. The van der Waals surface area contributed by atoms with Crippen LogP contribution in [0.15, 0.2) is 47.0 Å². The predicted molar refractivity (Wildman–Crippen MR) is 115 cm³/mol. The smallest absolute Gasteiger partial charge is 0.257 e. The second kappa shape index (κ2) is 9.36. The molecule has 1 fully saturated rings. The van der Waals surface area contributed by atoms with E-state index in [1.54, 1.807) is 37.3 Å². The Balaban J connectivity index is 1.35. The molecule has 4 rings (SSSR count). The Hall–Kier alpha value is -3.10. The number of benzene rings is 2. The molecule has 162 valence electrons. The summed E-state index contributed by atoms with van der Waals surface area (Å²) in [6.07, 6.45) is 0. The quantitative estimate of drug-likeness (QED) is 0.579. The van der Waals surface area contributed by atoms with Gasteiger partial charge in [-0.25, -0.2) is 0 Å². The van der Waals surface area contributed by atoms with Crippen molar-refractivity contribution in [2.75, 3.05) is 40.4 Å². The Morgan fingerprint density at radius 2 is 1.81 bits per heavy atom. The van der Waals surface area contributed by atoms with Crippen LogP contribution in [0.2, 0.25) is 5.02 Å². The van der Waals surface area contributed by atoms with Crippen LogP contribution >= 0.6 is 11.6 Å². The van der Waals surface area contributed by atoms with Gasteiger partial charge in [0.2, 0.25) is 11.7 Å². The van der Waals surface area contributed by atoms with E-state index in [9.17, 15) is 4.79 Å². The maximum absolute atomic E-state index is 12.9.